The number of carbonyl (C=O) groups is 1. The van der Waals surface area contributed by atoms with Crippen LogP contribution >= 0.6 is 0 Å². The van der Waals surface area contributed by atoms with Gasteiger partial charge in [0.15, 0.2) is 0 Å². The van der Waals surface area contributed by atoms with E-state index in [4.69, 9.17) is 4.74 Å². The van der Waals surface area contributed by atoms with Gasteiger partial charge in [-0.3, -0.25) is 4.79 Å². The minimum absolute atomic E-state index is 0.0818. The van der Waals surface area contributed by atoms with E-state index in [1.54, 1.807) is 0 Å². The average Bonchev–Trinajstić information content (AvgIpc) is 3.13. The number of hydrogen-bond donors (Lipinski definition) is 0. The smallest absolute Gasteiger partial charge is 0.313 e. The summed E-state index contributed by atoms with van der Waals surface area (Å²) in [7, 11) is 0. The van der Waals surface area contributed by atoms with Crippen LogP contribution in [0, 0.1) is 28.1 Å². The molecule has 2 heteroatoms. The third-order valence-corrected chi connectivity index (χ3v) is 9.34. The van der Waals surface area contributed by atoms with Crippen molar-refractivity contribution in [2.75, 3.05) is 0 Å². The second kappa shape index (κ2) is 7.25. The van der Waals surface area contributed by atoms with E-state index in [-0.39, 0.29) is 22.2 Å². The molecule has 3 aliphatic rings. The van der Waals surface area contributed by atoms with Crippen molar-refractivity contribution in [1.82, 2.24) is 0 Å². The number of esters is 1. The Morgan fingerprint density at radius 1 is 0.933 bits per heavy atom. The lowest BCUT2D eigenvalue weighted by atomic mass is 9.63. The fourth-order valence-corrected chi connectivity index (χ4v) is 8.40. The summed E-state index contributed by atoms with van der Waals surface area (Å²) in [4.78, 5) is 13.9. The van der Waals surface area contributed by atoms with Gasteiger partial charge in [0.05, 0.1) is 5.41 Å². The maximum atomic E-state index is 13.9. The monoisotopic (exact) mass is 402 g/mol. The van der Waals surface area contributed by atoms with E-state index in [2.05, 4.69) is 44.2 Å². The number of benzene rings is 2. The largest absolute Gasteiger partial charge is 0.460 e. The molecule has 158 valence electrons. The molecule has 0 aliphatic heterocycles. The molecule has 30 heavy (non-hydrogen) atoms. The van der Waals surface area contributed by atoms with E-state index in [9.17, 15) is 4.79 Å². The lowest BCUT2D eigenvalue weighted by Crippen LogP contribution is -2.39. The Bertz CT molecular complexity index is 907. The van der Waals surface area contributed by atoms with Gasteiger partial charge < -0.3 is 4.74 Å². The number of ether oxygens (including phenoxy) is 1. The molecule has 0 spiro atoms. The molecule has 0 heterocycles. The minimum Gasteiger partial charge on any atom is -0.460 e. The van der Waals surface area contributed by atoms with Gasteiger partial charge >= 0.3 is 5.97 Å². The summed E-state index contributed by atoms with van der Waals surface area (Å²) >= 11 is 0. The summed E-state index contributed by atoms with van der Waals surface area (Å²) in [6.45, 7) is 5.07. The highest BCUT2D eigenvalue weighted by Crippen LogP contribution is 2.93. The van der Waals surface area contributed by atoms with Crippen LogP contribution < -0.4 is 0 Å². The van der Waals surface area contributed by atoms with Crippen LogP contribution in [0.5, 0.6) is 0 Å². The van der Waals surface area contributed by atoms with Crippen LogP contribution in [0.4, 0.5) is 0 Å². The lowest BCUT2D eigenvalue weighted by Gasteiger charge is -2.41. The highest BCUT2D eigenvalue weighted by atomic mass is 16.5. The van der Waals surface area contributed by atoms with Gasteiger partial charge in [0.1, 0.15) is 6.61 Å². The molecule has 5 atom stereocenters. The molecule has 5 rings (SSSR count). The van der Waals surface area contributed by atoms with Crippen LogP contribution in [-0.2, 0) is 22.6 Å². The van der Waals surface area contributed by atoms with Crippen LogP contribution in [0.25, 0.3) is 0 Å². The van der Waals surface area contributed by atoms with Crippen molar-refractivity contribution >= 4 is 5.97 Å². The molecule has 3 saturated carbocycles. The molecule has 0 bridgehead atoms. The highest BCUT2D eigenvalue weighted by Gasteiger charge is 2.93. The van der Waals surface area contributed by atoms with E-state index >= 15 is 0 Å². The first kappa shape index (κ1) is 19.8. The van der Waals surface area contributed by atoms with Crippen LogP contribution in [0.1, 0.15) is 63.5 Å². The molecule has 0 aromatic heterocycles. The van der Waals surface area contributed by atoms with E-state index in [0.717, 1.165) is 30.7 Å². The predicted molar refractivity (Wildman–Crippen MR) is 120 cm³/mol. The maximum Gasteiger partial charge on any atom is 0.313 e. The molecular formula is C28H34O2. The zero-order chi connectivity index (χ0) is 20.8. The van der Waals surface area contributed by atoms with Gasteiger partial charge in [-0.25, -0.2) is 0 Å². The number of fused-ring (bicyclic) bond motifs is 1. The standard InChI is InChI=1S/C28H34O2/c1-3-23-15-18-28(25(29)30-20-22-13-9-6-10-14-22)26(19-21-11-7-5-8-12-21)17-16-24(23)27(26,28)4-2/h5-14,23-24H,3-4,15-20H2,1-2H3/t23?,24?,26-,27+,28?/m0/s1. The predicted octanol–water partition coefficient (Wildman–Crippen LogP) is 6.59. The first-order valence-electron chi connectivity index (χ1n) is 11.9. The minimum atomic E-state index is -0.284. The first-order chi connectivity index (χ1) is 14.6. The summed E-state index contributed by atoms with van der Waals surface area (Å²) in [5, 5.41) is 0. The summed E-state index contributed by atoms with van der Waals surface area (Å²) in [5.74, 6) is 1.53. The van der Waals surface area contributed by atoms with Crippen molar-refractivity contribution in [2.45, 2.75) is 65.4 Å². The molecule has 3 aliphatic carbocycles. The van der Waals surface area contributed by atoms with Crippen molar-refractivity contribution in [3.8, 4) is 0 Å². The van der Waals surface area contributed by atoms with Crippen molar-refractivity contribution in [3.05, 3.63) is 71.8 Å². The van der Waals surface area contributed by atoms with Gasteiger partial charge in [-0.2, -0.15) is 0 Å². The number of hydrogen-bond acceptors (Lipinski definition) is 2. The van der Waals surface area contributed by atoms with Crippen LogP contribution in [0.15, 0.2) is 60.7 Å². The molecule has 0 radical (unpaired) electrons. The lowest BCUT2D eigenvalue weighted by molar-refractivity contribution is -0.158. The maximum absolute atomic E-state index is 13.9. The fraction of sp³-hybridized carbons (Fsp3) is 0.536. The first-order valence-corrected chi connectivity index (χ1v) is 11.9. The molecule has 0 amide bonds. The summed E-state index contributed by atoms with van der Waals surface area (Å²) in [6.07, 6.45) is 8.01. The van der Waals surface area contributed by atoms with Gasteiger partial charge in [0, 0.05) is 0 Å². The summed E-state index contributed by atoms with van der Waals surface area (Å²) in [5.41, 5.74) is 2.38. The molecular weight excluding hydrogens is 368 g/mol. The highest BCUT2D eigenvalue weighted by molar-refractivity contribution is 5.86. The van der Waals surface area contributed by atoms with Crippen molar-refractivity contribution in [2.24, 2.45) is 28.1 Å². The second-order valence-corrected chi connectivity index (χ2v) is 9.89. The third-order valence-electron chi connectivity index (χ3n) is 9.34. The second-order valence-electron chi connectivity index (χ2n) is 9.89. The third kappa shape index (κ3) is 2.40. The summed E-state index contributed by atoms with van der Waals surface area (Å²) < 4.78 is 6.08. The molecule has 3 unspecified atom stereocenters. The molecule has 2 aromatic carbocycles. The zero-order valence-electron chi connectivity index (χ0n) is 18.4. The Labute approximate surface area is 181 Å². The average molecular weight is 403 g/mol. The van der Waals surface area contributed by atoms with E-state index in [1.807, 2.05) is 30.3 Å². The topological polar surface area (TPSA) is 26.3 Å². The van der Waals surface area contributed by atoms with Crippen molar-refractivity contribution in [1.29, 1.82) is 0 Å². The van der Waals surface area contributed by atoms with Crippen LogP contribution in [0.3, 0.4) is 0 Å². The Kier molecular flexibility index (Phi) is 4.80. The zero-order valence-corrected chi connectivity index (χ0v) is 18.4. The van der Waals surface area contributed by atoms with E-state index < -0.39 is 0 Å². The molecule has 3 fully saturated rings. The Morgan fingerprint density at radius 2 is 1.60 bits per heavy atom. The van der Waals surface area contributed by atoms with Gasteiger partial charge in [-0.05, 0) is 72.3 Å². The number of rotatable bonds is 7. The van der Waals surface area contributed by atoms with Crippen molar-refractivity contribution < 1.29 is 9.53 Å². The van der Waals surface area contributed by atoms with Gasteiger partial charge in [0.25, 0.3) is 0 Å². The van der Waals surface area contributed by atoms with Crippen LogP contribution in [-0.4, -0.2) is 5.97 Å². The van der Waals surface area contributed by atoms with Crippen LogP contribution in [0.2, 0.25) is 0 Å². The molecule has 2 aromatic rings. The normalized spacial score (nSPS) is 36.2. The van der Waals surface area contributed by atoms with Crippen molar-refractivity contribution in [3.63, 3.8) is 0 Å². The van der Waals surface area contributed by atoms with Gasteiger partial charge in [-0.1, -0.05) is 80.9 Å². The molecule has 2 nitrogen and oxygen atoms in total. The Balaban J connectivity index is 1.50. The SMILES string of the molecule is CCC1CCC2(C(=O)OCc3ccccc3)[C@]3(Cc4ccccc4)CCC1[C@@]23CC. The quantitative estimate of drug-likeness (QED) is 0.489. The Hall–Kier alpha value is -2.09. The number of carbonyl (C=O) groups excluding carboxylic acids is 1. The van der Waals surface area contributed by atoms with E-state index in [1.165, 1.54) is 31.2 Å². The van der Waals surface area contributed by atoms with E-state index in [0.29, 0.717) is 12.5 Å². The summed E-state index contributed by atoms with van der Waals surface area (Å²) in [6, 6.07) is 21.0. The molecule has 0 saturated heterocycles. The fourth-order valence-electron chi connectivity index (χ4n) is 8.40. The van der Waals surface area contributed by atoms with Gasteiger partial charge in [0.2, 0.25) is 0 Å². The molecule has 0 N–H and O–H groups in total. The van der Waals surface area contributed by atoms with Gasteiger partial charge in [-0.15, -0.1) is 0 Å². The Morgan fingerprint density at radius 3 is 2.23 bits per heavy atom.